The van der Waals surface area contributed by atoms with Crippen LogP contribution in [0.1, 0.15) is 34.0 Å². The maximum atomic E-state index is 13.6. The highest BCUT2D eigenvalue weighted by Crippen LogP contribution is 2.37. The van der Waals surface area contributed by atoms with Crippen LogP contribution in [0.5, 0.6) is 0 Å². The van der Waals surface area contributed by atoms with E-state index in [2.05, 4.69) is 10.1 Å². The Balaban J connectivity index is 1.51. The number of ether oxygens (including phenoxy) is 1. The summed E-state index contributed by atoms with van der Waals surface area (Å²) in [5.74, 6) is -0.928. The SMILES string of the molecule is CC(CN1CCN(C(=O)c2cc(C(F)(F)F)cc(C(F)(F)F)c2)C(Cc2ccc(Cl)c(Cl)c2)C1)=NOCCN1CCOCC1. The van der Waals surface area contributed by atoms with Crippen molar-refractivity contribution in [2.24, 2.45) is 5.16 Å². The normalized spacial score (nSPS) is 19.3. The number of piperazine rings is 1. The van der Waals surface area contributed by atoms with Crippen molar-refractivity contribution in [2.75, 3.05) is 65.6 Å². The van der Waals surface area contributed by atoms with Gasteiger partial charge in [-0.15, -0.1) is 0 Å². The minimum Gasteiger partial charge on any atom is -0.394 e. The van der Waals surface area contributed by atoms with Crippen molar-refractivity contribution < 1.29 is 40.7 Å². The molecule has 1 unspecified atom stereocenters. The topological polar surface area (TPSA) is 57.6 Å². The number of halogens is 8. The first-order chi connectivity index (χ1) is 20.7. The van der Waals surface area contributed by atoms with Crippen LogP contribution < -0.4 is 0 Å². The van der Waals surface area contributed by atoms with Crippen molar-refractivity contribution in [1.29, 1.82) is 0 Å². The van der Waals surface area contributed by atoms with Crippen molar-refractivity contribution in [3.8, 4) is 0 Å². The molecule has 2 fully saturated rings. The lowest BCUT2D eigenvalue weighted by Crippen LogP contribution is -2.56. The molecule has 0 aliphatic carbocycles. The zero-order valence-electron chi connectivity index (χ0n) is 23.9. The van der Waals surface area contributed by atoms with E-state index in [0.717, 1.165) is 13.1 Å². The van der Waals surface area contributed by atoms with Crippen LogP contribution in [0.15, 0.2) is 41.6 Å². The van der Waals surface area contributed by atoms with Crippen LogP contribution >= 0.6 is 23.2 Å². The Morgan fingerprint density at radius 1 is 0.932 bits per heavy atom. The molecule has 0 spiro atoms. The first-order valence-electron chi connectivity index (χ1n) is 13.9. The summed E-state index contributed by atoms with van der Waals surface area (Å²) in [6, 6.07) is 5.24. The van der Waals surface area contributed by atoms with Crippen molar-refractivity contribution in [1.82, 2.24) is 14.7 Å². The predicted octanol–water partition coefficient (Wildman–Crippen LogP) is 6.12. The molecule has 0 radical (unpaired) electrons. The molecule has 2 aliphatic heterocycles. The number of nitrogens with zero attached hydrogens (tertiary/aromatic N) is 4. The van der Waals surface area contributed by atoms with Gasteiger partial charge in [0.2, 0.25) is 0 Å². The first-order valence-corrected chi connectivity index (χ1v) is 14.7. The molecule has 4 rings (SSSR count). The molecular formula is C29H32Cl2F6N4O3. The fourth-order valence-electron chi connectivity index (χ4n) is 5.19. The molecule has 0 aromatic heterocycles. The second-order valence-electron chi connectivity index (χ2n) is 10.7. The van der Waals surface area contributed by atoms with Crippen molar-refractivity contribution in [2.45, 2.75) is 31.7 Å². The average Bonchev–Trinajstić information content (AvgIpc) is 2.96. The third-order valence-corrected chi connectivity index (χ3v) is 8.13. The Bertz CT molecular complexity index is 1300. The van der Waals surface area contributed by atoms with Gasteiger partial charge >= 0.3 is 12.4 Å². The van der Waals surface area contributed by atoms with E-state index in [9.17, 15) is 31.1 Å². The molecule has 2 heterocycles. The van der Waals surface area contributed by atoms with Gasteiger partial charge in [-0.1, -0.05) is 34.4 Å². The molecule has 0 bridgehead atoms. The fraction of sp³-hybridized carbons (Fsp3) is 0.517. The van der Waals surface area contributed by atoms with Gasteiger partial charge in [0, 0.05) is 57.4 Å². The van der Waals surface area contributed by atoms with Crippen LogP contribution in [-0.4, -0.2) is 98.0 Å². The van der Waals surface area contributed by atoms with Gasteiger partial charge in [0.05, 0.1) is 40.1 Å². The smallest absolute Gasteiger partial charge is 0.394 e. The quantitative estimate of drug-likeness (QED) is 0.139. The highest BCUT2D eigenvalue weighted by atomic mass is 35.5. The summed E-state index contributed by atoms with van der Waals surface area (Å²) in [5, 5.41) is 4.79. The third-order valence-electron chi connectivity index (χ3n) is 7.39. The fourth-order valence-corrected chi connectivity index (χ4v) is 5.51. The Hall–Kier alpha value is -2.58. The number of hydrogen-bond donors (Lipinski definition) is 0. The number of morpholine rings is 1. The summed E-state index contributed by atoms with van der Waals surface area (Å²) in [7, 11) is 0. The number of rotatable bonds is 9. The maximum Gasteiger partial charge on any atom is 0.416 e. The van der Waals surface area contributed by atoms with E-state index in [4.69, 9.17) is 32.8 Å². The molecule has 2 aliphatic rings. The monoisotopic (exact) mass is 668 g/mol. The van der Waals surface area contributed by atoms with Crippen LogP contribution in [-0.2, 0) is 28.3 Å². The van der Waals surface area contributed by atoms with Crippen LogP contribution in [0, 0.1) is 0 Å². The van der Waals surface area contributed by atoms with Crippen LogP contribution in [0.25, 0.3) is 0 Å². The Labute approximate surface area is 261 Å². The minimum absolute atomic E-state index is 0.00699. The highest BCUT2D eigenvalue weighted by Gasteiger charge is 2.39. The summed E-state index contributed by atoms with van der Waals surface area (Å²) in [6.45, 7) is 6.95. The molecule has 242 valence electrons. The molecule has 2 aromatic carbocycles. The molecule has 15 heteroatoms. The number of alkyl halides is 6. The number of hydrogen-bond acceptors (Lipinski definition) is 6. The summed E-state index contributed by atoms with van der Waals surface area (Å²) >= 11 is 12.2. The van der Waals surface area contributed by atoms with E-state index >= 15 is 0 Å². The Morgan fingerprint density at radius 2 is 1.59 bits per heavy atom. The molecule has 1 amide bonds. The second-order valence-corrected chi connectivity index (χ2v) is 11.6. The van der Waals surface area contributed by atoms with Crippen LogP contribution in [0.4, 0.5) is 26.3 Å². The minimum atomic E-state index is -5.07. The molecule has 0 N–H and O–H groups in total. The lowest BCUT2D eigenvalue weighted by atomic mass is 9.99. The second kappa shape index (κ2) is 14.7. The number of amides is 1. The standard InChI is InChI=1S/C29H32Cl2F6N4O3/c1-19(38-44-11-8-39-6-9-43-10-7-39)17-40-4-5-41(24(18-40)12-20-2-3-25(30)26(31)13-20)27(42)21-14-22(28(32,33)34)16-23(15-21)29(35,36)37/h2-3,13-16,24H,4-12,17-18H2,1H3. The van der Waals surface area contributed by atoms with Gasteiger partial charge in [0.1, 0.15) is 6.61 Å². The maximum absolute atomic E-state index is 13.6. The molecule has 7 nitrogen and oxygen atoms in total. The largest absolute Gasteiger partial charge is 0.416 e. The Morgan fingerprint density at radius 3 is 2.20 bits per heavy atom. The predicted molar refractivity (Wildman–Crippen MR) is 154 cm³/mol. The lowest BCUT2D eigenvalue weighted by Gasteiger charge is -2.41. The van der Waals surface area contributed by atoms with E-state index in [1.54, 1.807) is 25.1 Å². The third kappa shape index (κ3) is 9.46. The molecule has 0 saturated carbocycles. The molecular weight excluding hydrogens is 637 g/mol. The average molecular weight is 669 g/mol. The summed E-state index contributed by atoms with van der Waals surface area (Å²) < 4.78 is 86.4. The summed E-state index contributed by atoms with van der Waals surface area (Å²) in [4.78, 5) is 24.6. The number of oxime groups is 1. The molecule has 2 saturated heterocycles. The van der Waals surface area contributed by atoms with Gasteiger partial charge in [-0.2, -0.15) is 26.3 Å². The molecule has 1 atom stereocenters. The van der Waals surface area contributed by atoms with Gasteiger partial charge < -0.3 is 14.5 Å². The van der Waals surface area contributed by atoms with Crippen molar-refractivity contribution in [3.63, 3.8) is 0 Å². The number of carbonyl (C=O) groups is 1. The van der Waals surface area contributed by atoms with Crippen molar-refractivity contribution in [3.05, 3.63) is 68.7 Å². The number of carbonyl (C=O) groups excluding carboxylic acids is 1. The Kier molecular flexibility index (Phi) is 11.4. The van der Waals surface area contributed by atoms with Crippen molar-refractivity contribution >= 4 is 34.8 Å². The van der Waals surface area contributed by atoms with E-state index in [-0.39, 0.29) is 30.6 Å². The van der Waals surface area contributed by atoms with E-state index in [1.165, 1.54) is 4.90 Å². The lowest BCUT2D eigenvalue weighted by molar-refractivity contribution is -0.143. The summed E-state index contributed by atoms with van der Waals surface area (Å²) in [5.41, 5.74) is -2.41. The zero-order valence-corrected chi connectivity index (χ0v) is 25.4. The molecule has 44 heavy (non-hydrogen) atoms. The van der Waals surface area contributed by atoms with Gasteiger partial charge in [0.15, 0.2) is 0 Å². The summed E-state index contributed by atoms with van der Waals surface area (Å²) in [6.07, 6.45) is -9.92. The van der Waals surface area contributed by atoms with E-state index in [0.29, 0.717) is 67.9 Å². The van der Waals surface area contributed by atoms with E-state index in [1.807, 2.05) is 4.90 Å². The zero-order chi connectivity index (χ0) is 32.1. The van der Waals surface area contributed by atoms with Gasteiger partial charge in [0.25, 0.3) is 5.91 Å². The molecule has 2 aromatic rings. The van der Waals surface area contributed by atoms with Crippen LogP contribution in [0.2, 0.25) is 10.0 Å². The van der Waals surface area contributed by atoms with Gasteiger partial charge in [-0.05, 0) is 49.2 Å². The number of benzene rings is 2. The highest BCUT2D eigenvalue weighted by molar-refractivity contribution is 6.42. The van der Waals surface area contributed by atoms with Gasteiger partial charge in [-0.25, -0.2) is 0 Å². The first kappa shape index (κ1) is 34.3. The van der Waals surface area contributed by atoms with Gasteiger partial charge in [-0.3, -0.25) is 14.6 Å². The van der Waals surface area contributed by atoms with Crippen LogP contribution in [0.3, 0.4) is 0 Å². The van der Waals surface area contributed by atoms with E-state index < -0.39 is 41.0 Å².